The van der Waals surface area contributed by atoms with Gasteiger partial charge in [0.05, 0.1) is 26.7 Å². The third kappa shape index (κ3) is 4.39. The number of hydrogen-bond acceptors (Lipinski definition) is 6. The number of likely N-dealkylation sites (tertiary alicyclic amines) is 1. The zero-order valence-electron chi connectivity index (χ0n) is 19.5. The third-order valence-electron chi connectivity index (χ3n) is 6.15. The molecule has 2 N–H and O–H groups in total. The van der Waals surface area contributed by atoms with Gasteiger partial charge in [-0.05, 0) is 49.6 Å². The standard InChI is InChI=1S/C26H24N4O4S/c1-4-9-28-26(32)30-16(2)12-17-13-18(5-6-21(17)30)34-22-7-10-27-20-14-23(35-24(20)22)25(31)29-11-8-19(15-29)33-3/h1,5-7,10,12-14,19H,8-9,11,15H2,2-3H3,(H,28,32)/p+1/t19-/m0/s1. The van der Waals surface area contributed by atoms with E-state index in [1.54, 1.807) is 23.9 Å². The normalized spacial score (nSPS) is 15.6. The molecule has 1 aromatic carbocycles. The quantitative estimate of drug-likeness (QED) is 0.434. The summed E-state index contributed by atoms with van der Waals surface area (Å²) < 4.78 is 14.1. The maximum absolute atomic E-state index is 13.0. The van der Waals surface area contributed by atoms with Crippen LogP contribution >= 0.6 is 11.3 Å². The Morgan fingerprint density at radius 2 is 2.14 bits per heavy atom. The molecular formula is C26H25N4O4S+. The van der Waals surface area contributed by atoms with Crippen molar-refractivity contribution in [3.8, 4) is 23.8 Å². The highest BCUT2D eigenvalue weighted by Crippen LogP contribution is 2.36. The van der Waals surface area contributed by atoms with Crippen molar-refractivity contribution in [2.45, 2.75) is 19.4 Å². The smallest absolute Gasteiger partial charge is 0.425 e. The van der Waals surface area contributed by atoms with E-state index in [4.69, 9.17) is 15.9 Å². The Morgan fingerprint density at radius 1 is 1.29 bits per heavy atom. The van der Waals surface area contributed by atoms with E-state index in [9.17, 15) is 9.59 Å². The summed E-state index contributed by atoms with van der Waals surface area (Å²) >= 11 is 1.38. The van der Waals surface area contributed by atoms with Crippen LogP contribution in [0.4, 0.5) is 4.79 Å². The predicted molar refractivity (Wildman–Crippen MR) is 134 cm³/mol. The lowest BCUT2D eigenvalue weighted by molar-refractivity contribution is -0.543. The number of quaternary nitrogens is 1. The van der Waals surface area contributed by atoms with E-state index < -0.39 is 0 Å². The van der Waals surface area contributed by atoms with Gasteiger partial charge in [0.25, 0.3) is 5.91 Å². The van der Waals surface area contributed by atoms with Gasteiger partial charge in [-0.25, -0.2) is 9.36 Å². The second kappa shape index (κ2) is 9.50. The minimum absolute atomic E-state index is 0.0111. The first kappa shape index (κ1) is 23.1. The summed E-state index contributed by atoms with van der Waals surface area (Å²) in [5.74, 6) is 3.71. The van der Waals surface area contributed by atoms with E-state index in [2.05, 4.69) is 10.9 Å². The molecule has 2 amide bonds. The minimum atomic E-state index is -0.148. The largest absolute Gasteiger partial charge is 0.456 e. The molecule has 0 bridgehead atoms. The fourth-order valence-electron chi connectivity index (χ4n) is 4.41. The van der Waals surface area contributed by atoms with Gasteiger partial charge >= 0.3 is 6.03 Å². The molecule has 8 nitrogen and oxygen atoms in total. The fraction of sp³-hybridized carbons (Fsp3) is 0.269. The summed E-state index contributed by atoms with van der Waals surface area (Å²) in [5, 5.41) is 2.38. The lowest BCUT2D eigenvalue weighted by Gasteiger charge is -2.14. The summed E-state index contributed by atoms with van der Waals surface area (Å²) in [6.45, 7) is 3.45. The number of amides is 2. The van der Waals surface area contributed by atoms with Gasteiger partial charge in [-0.2, -0.15) is 0 Å². The van der Waals surface area contributed by atoms with Gasteiger partial charge in [-0.1, -0.05) is 0 Å². The molecule has 178 valence electrons. The van der Waals surface area contributed by atoms with Crippen LogP contribution in [-0.4, -0.2) is 59.2 Å². The topological polar surface area (TPSA) is 90.3 Å². The summed E-state index contributed by atoms with van der Waals surface area (Å²) in [7, 11) is 1.68. The van der Waals surface area contributed by atoms with Gasteiger partial charge in [0.15, 0.2) is 0 Å². The molecule has 1 atom stereocenters. The second-order valence-corrected chi connectivity index (χ2v) is 9.48. The average molecular weight is 490 g/mol. The molecule has 3 aromatic heterocycles. The maximum atomic E-state index is 13.0. The minimum Gasteiger partial charge on any atom is -0.456 e. The van der Waals surface area contributed by atoms with Crippen molar-refractivity contribution in [3.05, 3.63) is 53.2 Å². The maximum Gasteiger partial charge on any atom is 0.425 e. The molecule has 1 aliphatic rings. The summed E-state index contributed by atoms with van der Waals surface area (Å²) in [5.41, 5.74) is 2.33. The molecular weight excluding hydrogens is 464 g/mol. The molecule has 5 rings (SSSR count). The molecule has 1 saturated heterocycles. The van der Waals surface area contributed by atoms with Crippen molar-refractivity contribution in [2.24, 2.45) is 0 Å². The molecule has 35 heavy (non-hydrogen) atoms. The summed E-state index contributed by atoms with van der Waals surface area (Å²) in [4.78, 5) is 32.4. The Kier molecular flexibility index (Phi) is 6.26. The number of carbonyl (C=O) groups excluding carboxylic acids is 2. The van der Waals surface area contributed by atoms with E-state index in [1.165, 1.54) is 16.7 Å². The highest BCUT2D eigenvalue weighted by molar-refractivity contribution is 7.21. The van der Waals surface area contributed by atoms with Crippen molar-refractivity contribution in [3.63, 3.8) is 0 Å². The van der Waals surface area contributed by atoms with E-state index in [0.29, 0.717) is 29.5 Å². The van der Waals surface area contributed by atoms with Gasteiger partial charge in [0.2, 0.25) is 0 Å². The first-order valence-electron chi connectivity index (χ1n) is 11.3. The SMILES string of the molecule is C#CC[NH2+]C(=O)n1c(C)cc2cc(Oc3ccnc4cc(C(=O)N5CC[C@H](OC)C5)sc34)ccc21. The lowest BCUT2D eigenvalue weighted by atomic mass is 10.2. The number of fused-ring (bicyclic) bond motifs is 2. The molecule has 0 radical (unpaired) electrons. The van der Waals surface area contributed by atoms with Crippen LogP contribution in [0.1, 0.15) is 21.8 Å². The molecule has 1 fully saturated rings. The predicted octanol–water partition coefficient (Wildman–Crippen LogP) is 3.38. The van der Waals surface area contributed by atoms with Crippen molar-refractivity contribution in [2.75, 3.05) is 26.7 Å². The number of carbonyl (C=O) groups is 2. The van der Waals surface area contributed by atoms with Crippen LogP contribution in [0.15, 0.2) is 42.6 Å². The molecule has 0 saturated carbocycles. The number of nitrogens with zero attached hydrogens (tertiary/aromatic N) is 3. The Balaban J connectivity index is 1.41. The number of terminal acetylenes is 1. The number of thiophene rings is 1. The molecule has 0 unspecified atom stereocenters. The number of rotatable bonds is 5. The van der Waals surface area contributed by atoms with E-state index in [0.717, 1.165) is 33.2 Å². The highest BCUT2D eigenvalue weighted by atomic mass is 32.1. The molecule has 0 spiro atoms. The number of aryl methyl sites for hydroxylation is 1. The molecule has 0 aliphatic carbocycles. The number of aromatic nitrogens is 2. The van der Waals surface area contributed by atoms with Crippen LogP contribution in [0.5, 0.6) is 11.5 Å². The summed E-state index contributed by atoms with van der Waals surface area (Å²) in [6.07, 6.45) is 7.89. The average Bonchev–Trinajstić information content (AvgIpc) is 3.58. The molecule has 4 heterocycles. The first-order chi connectivity index (χ1) is 17.0. The summed E-state index contributed by atoms with van der Waals surface area (Å²) in [6, 6.07) is 11.0. The van der Waals surface area contributed by atoms with E-state index in [1.807, 2.05) is 42.2 Å². The van der Waals surface area contributed by atoms with Crippen LogP contribution in [0.2, 0.25) is 0 Å². The Bertz CT molecular complexity index is 1480. The van der Waals surface area contributed by atoms with E-state index in [-0.39, 0.29) is 24.6 Å². The highest BCUT2D eigenvalue weighted by Gasteiger charge is 2.28. The number of primary amides is 1. The Labute approximate surface area is 206 Å². The number of pyridine rings is 1. The van der Waals surface area contributed by atoms with Crippen LogP contribution in [-0.2, 0) is 4.74 Å². The number of benzene rings is 1. The van der Waals surface area contributed by atoms with Crippen LogP contribution < -0.4 is 10.1 Å². The number of hydrogen-bond donors (Lipinski definition) is 1. The van der Waals surface area contributed by atoms with Gasteiger partial charge < -0.3 is 14.4 Å². The van der Waals surface area contributed by atoms with Crippen LogP contribution in [0, 0.1) is 19.3 Å². The van der Waals surface area contributed by atoms with Gasteiger partial charge in [0.1, 0.15) is 18.0 Å². The fourth-order valence-corrected chi connectivity index (χ4v) is 5.45. The third-order valence-corrected chi connectivity index (χ3v) is 7.28. The first-order valence-corrected chi connectivity index (χ1v) is 12.1. The van der Waals surface area contributed by atoms with Gasteiger partial charge in [0, 0.05) is 43.5 Å². The lowest BCUT2D eigenvalue weighted by Crippen LogP contribution is -2.89. The number of methoxy groups -OCH3 is 1. The van der Waals surface area contributed by atoms with E-state index >= 15 is 0 Å². The Morgan fingerprint density at radius 3 is 2.91 bits per heavy atom. The van der Waals surface area contributed by atoms with Crippen molar-refractivity contribution < 1.29 is 24.4 Å². The second-order valence-electron chi connectivity index (χ2n) is 8.43. The van der Waals surface area contributed by atoms with Crippen LogP contribution in [0.3, 0.4) is 0 Å². The zero-order chi connectivity index (χ0) is 24.5. The Hall–Kier alpha value is -3.71. The molecule has 1 aliphatic heterocycles. The molecule has 4 aromatic rings. The molecule has 9 heteroatoms. The van der Waals surface area contributed by atoms with Crippen molar-refractivity contribution >= 4 is 44.4 Å². The monoisotopic (exact) mass is 489 g/mol. The van der Waals surface area contributed by atoms with Gasteiger partial charge in [-0.3, -0.25) is 15.1 Å². The van der Waals surface area contributed by atoms with Gasteiger partial charge in [-0.15, -0.1) is 17.8 Å². The zero-order valence-corrected chi connectivity index (χ0v) is 20.3. The number of nitrogens with two attached hydrogens (primary N) is 1. The van der Waals surface area contributed by atoms with Crippen molar-refractivity contribution in [1.29, 1.82) is 0 Å². The van der Waals surface area contributed by atoms with Crippen LogP contribution in [0.25, 0.3) is 21.1 Å². The number of ether oxygens (including phenoxy) is 2. The van der Waals surface area contributed by atoms with Crippen molar-refractivity contribution in [1.82, 2.24) is 14.5 Å².